The average Bonchev–Trinajstić information content (AvgIpc) is 3.48. The maximum Gasteiger partial charge on any atom is 0.257 e. The van der Waals surface area contributed by atoms with E-state index in [1.165, 1.54) is 0 Å². The highest BCUT2D eigenvalue weighted by molar-refractivity contribution is 6.99. The van der Waals surface area contributed by atoms with Gasteiger partial charge in [-0.3, -0.25) is 4.79 Å². The Balaban J connectivity index is 1.57. The number of aryl methyl sites for hydroxylation is 1. The number of hydrogen-bond acceptors (Lipinski definition) is 9. The third-order valence-electron chi connectivity index (χ3n) is 5.65. The molecule has 0 saturated carbocycles. The number of furan rings is 1. The SMILES string of the molecule is Cc1ccc(C(Nc2nsnc2Nc2cccc(C(=O)N3CCC(O)C3)c2O)C(C)(C)C)o1. The Hall–Kier alpha value is -3.11. The molecular formula is C23H29N5O4S. The van der Waals surface area contributed by atoms with Crippen molar-refractivity contribution < 1.29 is 19.4 Å². The van der Waals surface area contributed by atoms with Gasteiger partial charge < -0.3 is 30.2 Å². The first-order valence-corrected chi connectivity index (χ1v) is 11.6. The first-order chi connectivity index (χ1) is 15.6. The van der Waals surface area contributed by atoms with Gasteiger partial charge in [0, 0.05) is 13.1 Å². The highest BCUT2D eigenvalue weighted by Gasteiger charge is 2.31. The summed E-state index contributed by atoms with van der Waals surface area (Å²) in [6, 6.07) is 8.64. The van der Waals surface area contributed by atoms with Crippen molar-refractivity contribution in [2.45, 2.75) is 46.3 Å². The number of nitrogens with zero attached hydrogens (tertiary/aromatic N) is 3. The molecule has 176 valence electrons. The fraction of sp³-hybridized carbons (Fsp3) is 0.435. The fourth-order valence-corrected chi connectivity index (χ4v) is 4.34. The summed E-state index contributed by atoms with van der Waals surface area (Å²) >= 11 is 1.04. The van der Waals surface area contributed by atoms with Crippen LogP contribution in [0.4, 0.5) is 17.3 Å². The Kier molecular flexibility index (Phi) is 6.31. The summed E-state index contributed by atoms with van der Waals surface area (Å²) in [6.07, 6.45) is 0.00880. The van der Waals surface area contributed by atoms with Gasteiger partial charge >= 0.3 is 0 Å². The van der Waals surface area contributed by atoms with Crippen LogP contribution in [0.5, 0.6) is 5.75 Å². The van der Waals surface area contributed by atoms with E-state index in [0.717, 1.165) is 23.2 Å². The molecule has 1 aliphatic rings. The van der Waals surface area contributed by atoms with Crippen LogP contribution in [0.2, 0.25) is 0 Å². The average molecular weight is 472 g/mol. The van der Waals surface area contributed by atoms with Crippen molar-refractivity contribution in [2.24, 2.45) is 5.41 Å². The maximum atomic E-state index is 12.8. The van der Waals surface area contributed by atoms with E-state index in [0.29, 0.717) is 30.3 Å². The smallest absolute Gasteiger partial charge is 0.257 e. The number of hydrogen-bond donors (Lipinski definition) is 4. The van der Waals surface area contributed by atoms with Crippen molar-refractivity contribution in [3.8, 4) is 5.75 Å². The van der Waals surface area contributed by atoms with Gasteiger partial charge in [0.1, 0.15) is 11.5 Å². The predicted molar refractivity (Wildman–Crippen MR) is 127 cm³/mol. The van der Waals surface area contributed by atoms with Crippen molar-refractivity contribution in [3.05, 3.63) is 47.4 Å². The number of aliphatic hydroxyl groups is 1. The van der Waals surface area contributed by atoms with Gasteiger partial charge in [-0.05, 0) is 43.0 Å². The molecule has 0 bridgehead atoms. The quantitative estimate of drug-likeness (QED) is 0.393. The van der Waals surface area contributed by atoms with Gasteiger partial charge in [0.05, 0.1) is 35.1 Å². The number of anilines is 3. The second-order valence-electron chi connectivity index (χ2n) is 9.37. The summed E-state index contributed by atoms with van der Waals surface area (Å²) in [4.78, 5) is 14.4. The summed E-state index contributed by atoms with van der Waals surface area (Å²) in [5, 5.41) is 27.1. The zero-order valence-electron chi connectivity index (χ0n) is 19.1. The number of aliphatic hydroxyl groups excluding tert-OH is 1. The lowest BCUT2D eigenvalue weighted by Crippen LogP contribution is -2.29. The lowest BCUT2D eigenvalue weighted by Gasteiger charge is -2.30. The monoisotopic (exact) mass is 471 g/mol. The third-order valence-corrected chi connectivity index (χ3v) is 6.18. The minimum Gasteiger partial charge on any atom is -0.505 e. The number of aromatic nitrogens is 2. The number of β-amino-alcohol motifs (C(OH)–C–C–N with tert-alkyl or cyclic N) is 1. The van der Waals surface area contributed by atoms with E-state index in [4.69, 9.17) is 4.42 Å². The lowest BCUT2D eigenvalue weighted by molar-refractivity contribution is 0.0762. The molecule has 0 aliphatic carbocycles. The molecule has 4 N–H and O–H groups in total. The van der Waals surface area contributed by atoms with Crippen LogP contribution >= 0.6 is 11.7 Å². The van der Waals surface area contributed by atoms with Crippen LogP contribution in [0.15, 0.2) is 34.7 Å². The van der Waals surface area contributed by atoms with Gasteiger partial charge in [-0.1, -0.05) is 26.8 Å². The summed E-state index contributed by atoms with van der Waals surface area (Å²) in [5.41, 5.74) is 0.336. The van der Waals surface area contributed by atoms with Gasteiger partial charge in [-0.2, -0.15) is 8.75 Å². The minimum absolute atomic E-state index is 0.168. The van der Waals surface area contributed by atoms with Gasteiger partial charge in [-0.25, -0.2) is 0 Å². The van der Waals surface area contributed by atoms with Crippen molar-refractivity contribution >= 4 is 35.0 Å². The predicted octanol–water partition coefficient (Wildman–Crippen LogP) is 4.29. The van der Waals surface area contributed by atoms with Crippen LogP contribution in [-0.4, -0.2) is 49.0 Å². The standard InChI is InChI=1S/C23H29N5O4S/c1-13-8-9-17(32-13)19(23(2,3)4)25-21-20(26-33-27-21)24-16-7-5-6-15(18(16)30)22(31)28-11-10-14(29)12-28/h5-9,14,19,29-30H,10-12H2,1-4H3,(H,24,26)(H,25,27). The van der Waals surface area contributed by atoms with Crippen molar-refractivity contribution in [2.75, 3.05) is 23.7 Å². The Bertz CT molecular complexity index is 1140. The van der Waals surface area contributed by atoms with Crippen molar-refractivity contribution in [1.29, 1.82) is 0 Å². The molecule has 0 radical (unpaired) electrons. The molecular weight excluding hydrogens is 442 g/mol. The van der Waals surface area contributed by atoms with Crippen LogP contribution in [0, 0.1) is 12.3 Å². The number of phenols is 1. The Labute approximate surface area is 196 Å². The number of carbonyl (C=O) groups excluding carboxylic acids is 1. The van der Waals surface area contributed by atoms with Crippen LogP contribution in [0.1, 0.15) is 55.1 Å². The Morgan fingerprint density at radius 1 is 1.24 bits per heavy atom. The topological polar surface area (TPSA) is 124 Å². The number of benzene rings is 1. The maximum absolute atomic E-state index is 12.8. The van der Waals surface area contributed by atoms with Gasteiger partial charge in [0.15, 0.2) is 17.4 Å². The minimum atomic E-state index is -0.527. The summed E-state index contributed by atoms with van der Waals surface area (Å²) in [7, 11) is 0. The van der Waals surface area contributed by atoms with E-state index in [1.54, 1.807) is 23.1 Å². The highest BCUT2D eigenvalue weighted by atomic mass is 32.1. The second kappa shape index (κ2) is 9.03. The Morgan fingerprint density at radius 2 is 2.00 bits per heavy atom. The van der Waals surface area contributed by atoms with Gasteiger partial charge in [0.25, 0.3) is 5.91 Å². The second-order valence-corrected chi connectivity index (χ2v) is 9.90. The molecule has 4 rings (SSSR count). The first-order valence-electron chi connectivity index (χ1n) is 10.8. The fourth-order valence-electron chi connectivity index (χ4n) is 3.87. The zero-order valence-corrected chi connectivity index (χ0v) is 19.9. The molecule has 10 heteroatoms. The number of likely N-dealkylation sites (tertiary alicyclic amines) is 1. The van der Waals surface area contributed by atoms with E-state index >= 15 is 0 Å². The van der Waals surface area contributed by atoms with E-state index < -0.39 is 6.10 Å². The number of phenolic OH excluding ortho intramolecular Hbond substituents is 1. The molecule has 33 heavy (non-hydrogen) atoms. The van der Waals surface area contributed by atoms with Crippen LogP contribution in [-0.2, 0) is 0 Å². The largest absolute Gasteiger partial charge is 0.505 e. The summed E-state index contributed by atoms with van der Waals surface area (Å²) in [6.45, 7) is 8.94. The number of amides is 1. The lowest BCUT2D eigenvalue weighted by atomic mass is 9.85. The molecule has 3 heterocycles. The molecule has 2 atom stereocenters. The van der Waals surface area contributed by atoms with Crippen molar-refractivity contribution in [1.82, 2.24) is 13.6 Å². The van der Waals surface area contributed by atoms with E-state index in [9.17, 15) is 15.0 Å². The number of nitrogens with one attached hydrogen (secondary N) is 2. The van der Waals surface area contributed by atoms with Crippen molar-refractivity contribution in [3.63, 3.8) is 0 Å². The van der Waals surface area contributed by atoms with Gasteiger partial charge in [0.2, 0.25) is 0 Å². The normalized spacial score (nSPS) is 17.2. The van der Waals surface area contributed by atoms with Crippen LogP contribution in [0.25, 0.3) is 0 Å². The zero-order chi connectivity index (χ0) is 23.8. The Morgan fingerprint density at radius 3 is 2.64 bits per heavy atom. The molecule has 2 unspecified atom stereocenters. The number of rotatable bonds is 6. The van der Waals surface area contributed by atoms with E-state index in [-0.39, 0.29) is 35.2 Å². The van der Waals surface area contributed by atoms with E-state index in [1.807, 2.05) is 19.1 Å². The summed E-state index contributed by atoms with van der Waals surface area (Å²) < 4.78 is 14.6. The van der Waals surface area contributed by atoms with Crippen LogP contribution < -0.4 is 10.6 Å². The first kappa shape index (κ1) is 23.1. The number of aromatic hydroxyl groups is 1. The molecule has 2 aromatic heterocycles. The summed E-state index contributed by atoms with van der Waals surface area (Å²) in [5.74, 6) is 2.09. The molecule has 9 nitrogen and oxygen atoms in total. The number of para-hydroxylation sites is 1. The molecule has 1 saturated heterocycles. The molecule has 1 fully saturated rings. The molecule has 1 aliphatic heterocycles. The molecule has 0 spiro atoms. The molecule has 3 aromatic rings. The van der Waals surface area contributed by atoms with Crippen LogP contribution in [0.3, 0.4) is 0 Å². The number of carbonyl (C=O) groups is 1. The third kappa shape index (κ3) is 4.96. The van der Waals surface area contributed by atoms with Gasteiger partial charge in [-0.15, -0.1) is 0 Å². The highest BCUT2D eigenvalue weighted by Crippen LogP contribution is 2.39. The molecule has 1 aromatic carbocycles. The van der Waals surface area contributed by atoms with E-state index in [2.05, 4.69) is 40.2 Å². The molecule has 1 amide bonds.